The number of carbonyl (C=O) groups is 1. The van der Waals surface area contributed by atoms with Crippen molar-refractivity contribution in [1.29, 1.82) is 0 Å². The number of hydrogen-bond acceptors (Lipinski definition) is 2. The number of amides is 1. The molecule has 0 fully saturated rings. The van der Waals surface area contributed by atoms with E-state index < -0.39 is 5.41 Å². The molecule has 0 spiro atoms. The Bertz CT molecular complexity index is 452. The van der Waals surface area contributed by atoms with Crippen molar-refractivity contribution < 1.29 is 4.79 Å². The Hall–Kier alpha value is -1.35. The number of carbonyl (C=O) groups excluding carboxylic acids is 1. The van der Waals surface area contributed by atoms with Gasteiger partial charge in [0.1, 0.15) is 0 Å². The fraction of sp³-hybridized carbons (Fsp3) is 0.533. The van der Waals surface area contributed by atoms with Gasteiger partial charge in [0.15, 0.2) is 0 Å². The van der Waals surface area contributed by atoms with Gasteiger partial charge in [-0.25, -0.2) is 0 Å². The summed E-state index contributed by atoms with van der Waals surface area (Å²) in [5.41, 5.74) is 8.78. The van der Waals surface area contributed by atoms with Crippen molar-refractivity contribution in [3.05, 3.63) is 29.3 Å². The van der Waals surface area contributed by atoms with E-state index in [-0.39, 0.29) is 5.91 Å². The SMILES string of the molecule is CC(C)(CN)C(=O)Nc1cccc2c1CCCC2. The largest absolute Gasteiger partial charge is 0.329 e. The number of nitrogens with one attached hydrogen (secondary N) is 1. The van der Waals surface area contributed by atoms with Gasteiger partial charge in [0.05, 0.1) is 5.41 Å². The topological polar surface area (TPSA) is 55.1 Å². The van der Waals surface area contributed by atoms with Crippen molar-refractivity contribution in [3.63, 3.8) is 0 Å². The van der Waals surface area contributed by atoms with Gasteiger partial charge >= 0.3 is 0 Å². The second-order valence-electron chi connectivity index (χ2n) is 5.69. The van der Waals surface area contributed by atoms with Crippen LogP contribution in [0.2, 0.25) is 0 Å². The van der Waals surface area contributed by atoms with Gasteiger partial charge in [-0.3, -0.25) is 4.79 Å². The van der Waals surface area contributed by atoms with Gasteiger partial charge in [0, 0.05) is 12.2 Å². The summed E-state index contributed by atoms with van der Waals surface area (Å²) in [6.07, 6.45) is 4.65. The Balaban J connectivity index is 2.22. The van der Waals surface area contributed by atoms with Crippen molar-refractivity contribution >= 4 is 11.6 Å². The quantitative estimate of drug-likeness (QED) is 0.861. The molecule has 98 valence electrons. The summed E-state index contributed by atoms with van der Waals surface area (Å²) in [5, 5.41) is 3.04. The van der Waals surface area contributed by atoms with Gasteiger partial charge < -0.3 is 11.1 Å². The van der Waals surface area contributed by atoms with Crippen molar-refractivity contribution in [2.24, 2.45) is 11.1 Å². The zero-order valence-corrected chi connectivity index (χ0v) is 11.3. The molecule has 1 aromatic carbocycles. The zero-order valence-electron chi connectivity index (χ0n) is 11.3. The number of fused-ring (bicyclic) bond motifs is 1. The smallest absolute Gasteiger partial charge is 0.231 e. The molecule has 0 radical (unpaired) electrons. The molecule has 3 nitrogen and oxygen atoms in total. The number of anilines is 1. The maximum atomic E-state index is 12.2. The van der Waals surface area contributed by atoms with Crippen molar-refractivity contribution in [3.8, 4) is 0 Å². The zero-order chi connectivity index (χ0) is 13.2. The first-order valence-electron chi connectivity index (χ1n) is 6.67. The van der Waals surface area contributed by atoms with E-state index in [0.717, 1.165) is 18.5 Å². The van der Waals surface area contributed by atoms with Crippen LogP contribution in [0.1, 0.15) is 37.8 Å². The summed E-state index contributed by atoms with van der Waals surface area (Å²) in [6.45, 7) is 4.10. The number of rotatable bonds is 3. The summed E-state index contributed by atoms with van der Waals surface area (Å²) >= 11 is 0. The van der Waals surface area contributed by atoms with Crippen LogP contribution in [0, 0.1) is 5.41 Å². The molecule has 0 aliphatic heterocycles. The molecular formula is C15H22N2O. The number of aryl methyl sites for hydroxylation is 1. The van der Waals surface area contributed by atoms with E-state index >= 15 is 0 Å². The van der Waals surface area contributed by atoms with Gasteiger partial charge in [-0.1, -0.05) is 12.1 Å². The van der Waals surface area contributed by atoms with Crippen molar-refractivity contribution in [2.45, 2.75) is 39.5 Å². The van der Waals surface area contributed by atoms with E-state index in [2.05, 4.69) is 11.4 Å². The summed E-state index contributed by atoms with van der Waals surface area (Å²) in [5.74, 6) is 0.00368. The van der Waals surface area contributed by atoms with Gasteiger partial charge in [-0.15, -0.1) is 0 Å². The molecule has 0 heterocycles. The molecule has 0 aromatic heterocycles. The van der Waals surface area contributed by atoms with Gasteiger partial charge in [0.2, 0.25) is 5.91 Å². The summed E-state index contributed by atoms with van der Waals surface area (Å²) < 4.78 is 0. The minimum atomic E-state index is -0.516. The Labute approximate surface area is 109 Å². The Kier molecular flexibility index (Phi) is 3.71. The average Bonchev–Trinajstić information content (AvgIpc) is 2.39. The Morgan fingerprint density at radius 1 is 1.33 bits per heavy atom. The van der Waals surface area contributed by atoms with Crippen LogP contribution in [-0.2, 0) is 17.6 Å². The van der Waals surface area contributed by atoms with Crippen LogP contribution in [0.25, 0.3) is 0 Å². The molecule has 1 aliphatic rings. The average molecular weight is 246 g/mol. The van der Waals surface area contributed by atoms with Gasteiger partial charge in [0.25, 0.3) is 0 Å². The fourth-order valence-electron chi connectivity index (χ4n) is 2.28. The molecule has 0 saturated carbocycles. The Morgan fingerprint density at radius 3 is 2.78 bits per heavy atom. The summed E-state index contributed by atoms with van der Waals surface area (Å²) in [4.78, 5) is 12.2. The predicted molar refractivity (Wildman–Crippen MR) is 74.5 cm³/mol. The molecule has 18 heavy (non-hydrogen) atoms. The normalized spacial score (nSPS) is 15.1. The van der Waals surface area contributed by atoms with Gasteiger partial charge in [-0.2, -0.15) is 0 Å². The van der Waals surface area contributed by atoms with Crippen LogP contribution in [0.15, 0.2) is 18.2 Å². The minimum absolute atomic E-state index is 0.00368. The monoisotopic (exact) mass is 246 g/mol. The van der Waals surface area contributed by atoms with E-state index in [1.165, 1.54) is 24.0 Å². The molecule has 3 N–H and O–H groups in total. The molecule has 1 amide bonds. The molecule has 3 heteroatoms. The third-order valence-corrected chi connectivity index (χ3v) is 3.77. The van der Waals surface area contributed by atoms with Crippen LogP contribution in [0.5, 0.6) is 0 Å². The van der Waals surface area contributed by atoms with Gasteiger partial charge in [-0.05, 0) is 56.7 Å². The first-order valence-corrected chi connectivity index (χ1v) is 6.67. The van der Waals surface area contributed by atoms with Crippen molar-refractivity contribution in [2.75, 3.05) is 11.9 Å². The molecule has 0 atom stereocenters. The molecule has 1 aliphatic carbocycles. The van der Waals surface area contributed by atoms with Crippen LogP contribution in [-0.4, -0.2) is 12.5 Å². The molecular weight excluding hydrogens is 224 g/mol. The van der Waals surface area contributed by atoms with E-state index in [4.69, 9.17) is 5.73 Å². The second-order valence-corrected chi connectivity index (χ2v) is 5.69. The molecule has 2 rings (SSSR count). The maximum Gasteiger partial charge on any atom is 0.231 e. The highest BCUT2D eigenvalue weighted by molar-refractivity contribution is 5.95. The third kappa shape index (κ3) is 2.56. The van der Waals surface area contributed by atoms with Crippen molar-refractivity contribution in [1.82, 2.24) is 0 Å². The summed E-state index contributed by atoms with van der Waals surface area (Å²) in [6, 6.07) is 6.18. The van der Waals surface area contributed by atoms with E-state index in [0.29, 0.717) is 6.54 Å². The van der Waals surface area contributed by atoms with E-state index in [1.807, 2.05) is 26.0 Å². The molecule has 0 saturated heterocycles. The van der Waals surface area contributed by atoms with Crippen LogP contribution in [0.3, 0.4) is 0 Å². The maximum absolute atomic E-state index is 12.2. The highest BCUT2D eigenvalue weighted by Gasteiger charge is 2.26. The number of benzene rings is 1. The number of hydrogen-bond donors (Lipinski definition) is 2. The lowest BCUT2D eigenvalue weighted by Gasteiger charge is -2.24. The van der Waals surface area contributed by atoms with Crippen LogP contribution < -0.4 is 11.1 Å². The lowest BCUT2D eigenvalue weighted by atomic mass is 9.89. The fourth-order valence-corrected chi connectivity index (χ4v) is 2.28. The lowest BCUT2D eigenvalue weighted by molar-refractivity contribution is -0.123. The van der Waals surface area contributed by atoms with E-state index in [9.17, 15) is 4.79 Å². The summed E-state index contributed by atoms with van der Waals surface area (Å²) in [7, 11) is 0. The number of nitrogens with two attached hydrogens (primary N) is 1. The standard InChI is InChI=1S/C15H22N2O/c1-15(2,10-16)14(18)17-13-9-5-7-11-6-3-4-8-12(11)13/h5,7,9H,3-4,6,8,10,16H2,1-2H3,(H,17,18). The highest BCUT2D eigenvalue weighted by Crippen LogP contribution is 2.29. The molecule has 0 bridgehead atoms. The predicted octanol–water partition coefficient (Wildman–Crippen LogP) is 2.49. The van der Waals surface area contributed by atoms with E-state index in [1.54, 1.807) is 0 Å². The highest BCUT2D eigenvalue weighted by atomic mass is 16.2. The first-order chi connectivity index (χ1) is 8.54. The Morgan fingerprint density at radius 2 is 2.06 bits per heavy atom. The van der Waals surface area contributed by atoms with Crippen LogP contribution >= 0.6 is 0 Å². The van der Waals surface area contributed by atoms with Crippen LogP contribution in [0.4, 0.5) is 5.69 Å². The minimum Gasteiger partial charge on any atom is -0.329 e. The first kappa shape index (κ1) is 13.1. The third-order valence-electron chi connectivity index (χ3n) is 3.77. The molecule has 1 aromatic rings. The lowest BCUT2D eigenvalue weighted by Crippen LogP contribution is -2.37. The second kappa shape index (κ2) is 5.11. The molecule has 0 unspecified atom stereocenters.